The molecule has 1 amide bonds. The maximum absolute atomic E-state index is 11.4. The van der Waals surface area contributed by atoms with Crippen LogP contribution in [0.5, 0.6) is 0 Å². The SMILES string of the molecule is O=C(O)CCCNC(=O)CC1CCNC1. The molecule has 0 radical (unpaired) electrons. The summed E-state index contributed by atoms with van der Waals surface area (Å²) in [5.41, 5.74) is 0. The Morgan fingerprint density at radius 1 is 1.47 bits per heavy atom. The summed E-state index contributed by atoms with van der Waals surface area (Å²) >= 11 is 0. The summed E-state index contributed by atoms with van der Waals surface area (Å²) in [4.78, 5) is 21.6. The van der Waals surface area contributed by atoms with E-state index in [1.165, 1.54) is 0 Å². The highest BCUT2D eigenvalue weighted by molar-refractivity contribution is 5.76. The van der Waals surface area contributed by atoms with E-state index < -0.39 is 5.97 Å². The molecule has 1 saturated heterocycles. The van der Waals surface area contributed by atoms with Crippen molar-refractivity contribution in [3.63, 3.8) is 0 Å². The Labute approximate surface area is 89.2 Å². The van der Waals surface area contributed by atoms with Crippen molar-refractivity contribution in [2.45, 2.75) is 25.7 Å². The standard InChI is InChI=1S/C10H18N2O3/c13-9(6-8-3-5-11-7-8)12-4-1-2-10(14)15/h8,11H,1-7H2,(H,12,13)(H,14,15). The van der Waals surface area contributed by atoms with Gasteiger partial charge >= 0.3 is 5.97 Å². The molecule has 3 N–H and O–H groups in total. The van der Waals surface area contributed by atoms with Crippen molar-refractivity contribution in [1.82, 2.24) is 10.6 Å². The maximum Gasteiger partial charge on any atom is 0.303 e. The van der Waals surface area contributed by atoms with E-state index >= 15 is 0 Å². The minimum absolute atomic E-state index is 0.0362. The van der Waals surface area contributed by atoms with Crippen molar-refractivity contribution in [2.24, 2.45) is 5.92 Å². The molecule has 1 fully saturated rings. The predicted octanol–water partition coefficient (Wildman–Crippen LogP) is -0.0330. The molecule has 0 aromatic carbocycles. The molecule has 0 aromatic heterocycles. The first-order valence-corrected chi connectivity index (χ1v) is 5.37. The average Bonchev–Trinajstić information content (AvgIpc) is 2.64. The second kappa shape index (κ2) is 6.40. The highest BCUT2D eigenvalue weighted by Crippen LogP contribution is 2.11. The van der Waals surface area contributed by atoms with Crippen LogP contribution in [0, 0.1) is 5.92 Å². The third-order valence-electron chi connectivity index (χ3n) is 2.53. The van der Waals surface area contributed by atoms with Crippen LogP contribution in [0.1, 0.15) is 25.7 Å². The molecule has 0 bridgehead atoms. The summed E-state index contributed by atoms with van der Waals surface area (Å²) in [7, 11) is 0. The normalized spacial score (nSPS) is 20.1. The maximum atomic E-state index is 11.4. The van der Waals surface area contributed by atoms with Gasteiger partial charge in [-0.15, -0.1) is 0 Å². The van der Waals surface area contributed by atoms with Gasteiger partial charge in [-0.05, 0) is 31.8 Å². The van der Waals surface area contributed by atoms with E-state index in [1.54, 1.807) is 0 Å². The second-order valence-corrected chi connectivity index (χ2v) is 3.91. The lowest BCUT2D eigenvalue weighted by atomic mass is 10.0. The summed E-state index contributed by atoms with van der Waals surface area (Å²) in [6.07, 6.45) is 2.23. The Hall–Kier alpha value is -1.10. The molecule has 1 heterocycles. The molecular formula is C10H18N2O3. The summed E-state index contributed by atoms with van der Waals surface area (Å²) < 4.78 is 0. The van der Waals surface area contributed by atoms with Crippen molar-refractivity contribution in [3.05, 3.63) is 0 Å². The minimum atomic E-state index is -0.816. The number of carboxylic acids is 1. The van der Waals surface area contributed by atoms with Crippen molar-refractivity contribution >= 4 is 11.9 Å². The molecule has 86 valence electrons. The fraction of sp³-hybridized carbons (Fsp3) is 0.800. The van der Waals surface area contributed by atoms with Gasteiger partial charge in [-0.2, -0.15) is 0 Å². The van der Waals surface area contributed by atoms with Crippen molar-refractivity contribution in [2.75, 3.05) is 19.6 Å². The van der Waals surface area contributed by atoms with E-state index in [0.29, 0.717) is 25.3 Å². The third-order valence-corrected chi connectivity index (χ3v) is 2.53. The molecule has 1 aliphatic heterocycles. The number of carboxylic acid groups (broad SMARTS) is 1. The molecule has 5 heteroatoms. The third kappa shape index (κ3) is 5.37. The monoisotopic (exact) mass is 214 g/mol. The van der Waals surface area contributed by atoms with Crippen LogP contribution in [-0.4, -0.2) is 36.6 Å². The summed E-state index contributed by atoms with van der Waals surface area (Å²) in [6.45, 7) is 2.38. The molecular weight excluding hydrogens is 196 g/mol. The molecule has 0 aliphatic carbocycles. The van der Waals surface area contributed by atoms with Crippen molar-refractivity contribution < 1.29 is 14.7 Å². The lowest BCUT2D eigenvalue weighted by Crippen LogP contribution is -2.27. The Morgan fingerprint density at radius 3 is 2.87 bits per heavy atom. The highest BCUT2D eigenvalue weighted by Gasteiger charge is 2.17. The van der Waals surface area contributed by atoms with Gasteiger partial charge in [0.1, 0.15) is 0 Å². The first-order chi connectivity index (χ1) is 7.18. The van der Waals surface area contributed by atoms with Gasteiger partial charge < -0.3 is 15.7 Å². The summed E-state index contributed by atoms with van der Waals surface area (Å²) in [6, 6.07) is 0. The van der Waals surface area contributed by atoms with Gasteiger partial charge in [-0.25, -0.2) is 0 Å². The number of aliphatic carboxylic acids is 1. The molecule has 1 atom stereocenters. The zero-order valence-corrected chi connectivity index (χ0v) is 8.79. The van der Waals surface area contributed by atoms with Gasteiger partial charge in [0.25, 0.3) is 0 Å². The van der Waals surface area contributed by atoms with Crippen LogP contribution in [0.15, 0.2) is 0 Å². The fourth-order valence-corrected chi connectivity index (χ4v) is 1.69. The second-order valence-electron chi connectivity index (χ2n) is 3.91. The number of rotatable bonds is 6. The van der Waals surface area contributed by atoms with Crippen LogP contribution in [0.4, 0.5) is 0 Å². The van der Waals surface area contributed by atoms with E-state index in [2.05, 4.69) is 10.6 Å². The first kappa shape index (κ1) is 12.0. The molecule has 1 unspecified atom stereocenters. The van der Waals surface area contributed by atoms with Gasteiger partial charge in [0.15, 0.2) is 0 Å². The molecule has 0 spiro atoms. The quantitative estimate of drug-likeness (QED) is 0.542. The number of hydrogen-bond donors (Lipinski definition) is 3. The molecule has 0 aromatic rings. The topological polar surface area (TPSA) is 78.4 Å². The number of amides is 1. The van der Waals surface area contributed by atoms with Gasteiger partial charge in [-0.1, -0.05) is 0 Å². The van der Waals surface area contributed by atoms with Gasteiger partial charge in [0.05, 0.1) is 0 Å². The lowest BCUT2D eigenvalue weighted by molar-refractivity contribution is -0.137. The number of carbonyl (C=O) groups is 2. The Balaban J connectivity index is 2.00. The Bertz CT molecular complexity index is 225. The first-order valence-electron chi connectivity index (χ1n) is 5.37. The Kier molecular flexibility index (Phi) is 5.10. The van der Waals surface area contributed by atoms with E-state index in [-0.39, 0.29) is 12.3 Å². The van der Waals surface area contributed by atoms with E-state index in [1.807, 2.05) is 0 Å². The molecule has 5 nitrogen and oxygen atoms in total. The zero-order valence-electron chi connectivity index (χ0n) is 8.79. The molecule has 1 rings (SSSR count). The van der Waals surface area contributed by atoms with Crippen LogP contribution in [0.25, 0.3) is 0 Å². The molecule has 1 aliphatic rings. The molecule has 15 heavy (non-hydrogen) atoms. The summed E-state index contributed by atoms with van der Waals surface area (Å²) in [5, 5.41) is 14.3. The predicted molar refractivity (Wildman–Crippen MR) is 55.5 cm³/mol. The number of carbonyl (C=O) groups excluding carboxylic acids is 1. The number of nitrogens with one attached hydrogen (secondary N) is 2. The van der Waals surface area contributed by atoms with Crippen LogP contribution in [-0.2, 0) is 9.59 Å². The van der Waals surface area contributed by atoms with Crippen LogP contribution < -0.4 is 10.6 Å². The van der Waals surface area contributed by atoms with Crippen molar-refractivity contribution in [3.8, 4) is 0 Å². The zero-order chi connectivity index (χ0) is 11.1. The van der Waals surface area contributed by atoms with Crippen molar-refractivity contribution in [1.29, 1.82) is 0 Å². The van der Waals surface area contributed by atoms with E-state index in [0.717, 1.165) is 19.5 Å². The van der Waals surface area contributed by atoms with Gasteiger partial charge in [0.2, 0.25) is 5.91 Å². The summed E-state index contributed by atoms with van der Waals surface area (Å²) in [5.74, 6) is -0.331. The smallest absolute Gasteiger partial charge is 0.303 e. The average molecular weight is 214 g/mol. The fourth-order valence-electron chi connectivity index (χ4n) is 1.69. The van der Waals surface area contributed by atoms with Crippen LogP contribution in [0.3, 0.4) is 0 Å². The lowest BCUT2D eigenvalue weighted by Gasteiger charge is -2.08. The van der Waals surface area contributed by atoms with Gasteiger partial charge in [-0.3, -0.25) is 9.59 Å². The minimum Gasteiger partial charge on any atom is -0.481 e. The van der Waals surface area contributed by atoms with Crippen LogP contribution >= 0.6 is 0 Å². The largest absolute Gasteiger partial charge is 0.481 e. The Morgan fingerprint density at radius 2 is 2.27 bits per heavy atom. The number of hydrogen-bond acceptors (Lipinski definition) is 3. The van der Waals surface area contributed by atoms with E-state index in [4.69, 9.17) is 5.11 Å². The highest BCUT2D eigenvalue weighted by atomic mass is 16.4. The van der Waals surface area contributed by atoms with E-state index in [9.17, 15) is 9.59 Å². The van der Waals surface area contributed by atoms with Gasteiger partial charge in [0, 0.05) is 19.4 Å². The van der Waals surface area contributed by atoms with Crippen LogP contribution in [0.2, 0.25) is 0 Å². The molecule has 0 saturated carbocycles.